The van der Waals surface area contributed by atoms with Gasteiger partial charge in [-0.2, -0.15) is 0 Å². The van der Waals surface area contributed by atoms with Gasteiger partial charge in [-0.3, -0.25) is 4.79 Å². The van der Waals surface area contributed by atoms with E-state index in [4.69, 9.17) is 0 Å². The Morgan fingerprint density at radius 2 is 0.804 bits per heavy atom. The number of hydrogen-bond acceptors (Lipinski definition) is 4. The number of rotatable bonds is 42. The van der Waals surface area contributed by atoms with Crippen LogP contribution >= 0.6 is 0 Å². The largest absolute Gasteiger partial charge is 0.394 e. The monoisotopic (exact) mass is 722 g/mol. The maximum absolute atomic E-state index is 12.4. The van der Waals surface area contributed by atoms with Gasteiger partial charge in [-0.25, -0.2) is 0 Å². The van der Waals surface area contributed by atoms with E-state index in [1.165, 1.54) is 199 Å². The van der Waals surface area contributed by atoms with E-state index < -0.39 is 18.2 Å². The predicted octanol–water partition coefficient (Wildman–Crippen LogP) is 13.2. The average Bonchev–Trinajstić information content (AvgIpc) is 3.12. The van der Waals surface area contributed by atoms with E-state index in [9.17, 15) is 20.1 Å². The summed E-state index contributed by atoms with van der Waals surface area (Å²) in [5, 5.41) is 33.2. The molecule has 0 bridgehead atoms. The fourth-order valence-corrected chi connectivity index (χ4v) is 7.28. The summed E-state index contributed by atoms with van der Waals surface area (Å²) in [5.74, 6) is -0.312. The van der Waals surface area contributed by atoms with Crippen LogP contribution in [0, 0.1) is 0 Å². The van der Waals surface area contributed by atoms with Gasteiger partial charge in [-0.15, -0.1) is 0 Å². The molecule has 0 heterocycles. The Bertz CT molecular complexity index is 713. The fraction of sp³-hybridized carbons (Fsp3) is 0.935. The quantitative estimate of drug-likeness (QED) is 0.0373. The summed E-state index contributed by atoms with van der Waals surface area (Å²) in [6.07, 6.45) is 49.4. The van der Waals surface area contributed by atoms with Gasteiger partial charge >= 0.3 is 0 Å². The second kappa shape index (κ2) is 41.8. The molecule has 0 saturated carbocycles. The minimum Gasteiger partial charge on any atom is -0.394 e. The van der Waals surface area contributed by atoms with E-state index in [0.29, 0.717) is 6.42 Å². The molecule has 51 heavy (non-hydrogen) atoms. The Balaban J connectivity index is 3.53. The van der Waals surface area contributed by atoms with Gasteiger partial charge in [-0.05, 0) is 19.3 Å². The van der Waals surface area contributed by atoms with Crippen molar-refractivity contribution in [2.45, 2.75) is 270 Å². The normalized spacial score (nSPS) is 13.6. The Hall–Kier alpha value is -0.910. The first-order valence-electron chi connectivity index (χ1n) is 23.0. The molecule has 0 aromatic carbocycles. The summed E-state index contributed by atoms with van der Waals surface area (Å²) in [6, 6.07) is -0.738. The first kappa shape index (κ1) is 50.1. The number of carbonyl (C=O) groups is 1. The molecule has 0 aliphatic heterocycles. The zero-order valence-electron chi connectivity index (χ0n) is 34.5. The van der Waals surface area contributed by atoms with Crippen LogP contribution in [0.1, 0.15) is 251 Å². The molecule has 0 aliphatic carbocycles. The highest BCUT2D eigenvalue weighted by Gasteiger charge is 2.20. The van der Waals surface area contributed by atoms with Crippen molar-refractivity contribution in [2.24, 2.45) is 0 Å². The minimum atomic E-state index is -0.923. The molecule has 0 fully saturated rings. The van der Waals surface area contributed by atoms with Gasteiger partial charge in [0.1, 0.15) is 0 Å². The minimum absolute atomic E-state index is 0.0186. The van der Waals surface area contributed by atoms with E-state index in [0.717, 1.165) is 25.7 Å². The van der Waals surface area contributed by atoms with Crippen molar-refractivity contribution in [3.63, 3.8) is 0 Å². The lowest BCUT2D eigenvalue weighted by molar-refractivity contribution is -0.124. The van der Waals surface area contributed by atoms with Crippen molar-refractivity contribution in [2.75, 3.05) is 6.61 Å². The smallest absolute Gasteiger partial charge is 0.222 e. The van der Waals surface area contributed by atoms with Crippen LogP contribution < -0.4 is 5.32 Å². The molecule has 0 aromatic rings. The molecule has 5 heteroatoms. The standard InChI is InChI=1S/C46H91NO4/c1-3-5-7-9-11-13-15-16-17-18-19-20-21-22-23-24-25-26-27-28-30-31-33-35-37-39-43(49)41-46(51)47-44(42-48)45(50)40-38-36-34-32-29-14-12-10-8-6-4-2/h38,40,43-45,48-50H,3-37,39,41-42H2,1-2H3,(H,47,51)/b40-38+. The van der Waals surface area contributed by atoms with E-state index in [-0.39, 0.29) is 18.9 Å². The maximum atomic E-state index is 12.4. The third-order valence-corrected chi connectivity index (χ3v) is 10.8. The summed E-state index contributed by atoms with van der Waals surface area (Å²) >= 11 is 0. The van der Waals surface area contributed by atoms with Gasteiger partial charge in [0.2, 0.25) is 5.91 Å². The molecule has 0 spiro atoms. The lowest BCUT2D eigenvalue weighted by atomic mass is 10.0. The second-order valence-corrected chi connectivity index (χ2v) is 16.0. The Morgan fingerprint density at radius 3 is 1.14 bits per heavy atom. The van der Waals surface area contributed by atoms with E-state index in [1.54, 1.807) is 6.08 Å². The number of unbranched alkanes of at least 4 members (excludes halogenated alkanes) is 33. The zero-order chi connectivity index (χ0) is 37.3. The number of amides is 1. The summed E-state index contributed by atoms with van der Waals surface area (Å²) in [6.45, 7) is 4.21. The molecule has 304 valence electrons. The number of aliphatic hydroxyl groups excluding tert-OH is 3. The number of nitrogens with one attached hydrogen (secondary N) is 1. The van der Waals surface area contributed by atoms with Gasteiger partial charge in [0.25, 0.3) is 0 Å². The summed E-state index contributed by atoms with van der Waals surface area (Å²) in [4.78, 5) is 12.4. The van der Waals surface area contributed by atoms with Crippen LogP contribution in [0.2, 0.25) is 0 Å². The molecule has 3 atom stereocenters. The topological polar surface area (TPSA) is 89.8 Å². The molecular formula is C46H91NO4. The Labute approximate surface area is 319 Å². The third kappa shape index (κ3) is 38.6. The van der Waals surface area contributed by atoms with Crippen LogP contribution in [0.25, 0.3) is 0 Å². The molecule has 0 radical (unpaired) electrons. The van der Waals surface area contributed by atoms with Crippen molar-refractivity contribution in [1.82, 2.24) is 5.32 Å². The van der Waals surface area contributed by atoms with E-state index in [1.807, 2.05) is 6.08 Å². The number of hydrogen-bond donors (Lipinski definition) is 4. The number of aliphatic hydroxyl groups is 3. The molecule has 4 N–H and O–H groups in total. The highest BCUT2D eigenvalue weighted by Crippen LogP contribution is 2.17. The highest BCUT2D eigenvalue weighted by atomic mass is 16.3. The second-order valence-electron chi connectivity index (χ2n) is 16.0. The molecule has 1 amide bonds. The number of allylic oxidation sites excluding steroid dienone is 1. The summed E-state index contributed by atoms with van der Waals surface area (Å²) < 4.78 is 0. The summed E-state index contributed by atoms with van der Waals surface area (Å²) in [7, 11) is 0. The molecule has 0 saturated heterocycles. The zero-order valence-corrected chi connectivity index (χ0v) is 34.5. The fourth-order valence-electron chi connectivity index (χ4n) is 7.28. The third-order valence-electron chi connectivity index (χ3n) is 10.8. The highest BCUT2D eigenvalue weighted by molar-refractivity contribution is 5.76. The van der Waals surface area contributed by atoms with Gasteiger partial charge in [0.05, 0.1) is 31.3 Å². The lowest BCUT2D eigenvalue weighted by Gasteiger charge is -2.21. The van der Waals surface area contributed by atoms with Crippen molar-refractivity contribution in [3.8, 4) is 0 Å². The Kier molecular flexibility index (Phi) is 41.1. The van der Waals surface area contributed by atoms with Crippen molar-refractivity contribution >= 4 is 5.91 Å². The molecule has 5 nitrogen and oxygen atoms in total. The van der Waals surface area contributed by atoms with Crippen molar-refractivity contribution in [1.29, 1.82) is 0 Å². The van der Waals surface area contributed by atoms with Crippen LogP contribution in [0.5, 0.6) is 0 Å². The van der Waals surface area contributed by atoms with Crippen molar-refractivity contribution in [3.05, 3.63) is 12.2 Å². The number of carbonyl (C=O) groups excluding carboxylic acids is 1. The maximum Gasteiger partial charge on any atom is 0.222 e. The molecule has 3 unspecified atom stereocenters. The van der Waals surface area contributed by atoms with E-state index >= 15 is 0 Å². The van der Waals surface area contributed by atoms with Crippen molar-refractivity contribution < 1.29 is 20.1 Å². The van der Waals surface area contributed by atoms with Gasteiger partial charge in [0, 0.05) is 0 Å². The van der Waals surface area contributed by atoms with Crippen LogP contribution in [0.4, 0.5) is 0 Å². The van der Waals surface area contributed by atoms with Gasteiger partial charge in [0.15, 0.2) is 0 Å². The Morgan fingerprint density at radius 1 is 0.490 bits per heavy atom. The lowest BCUT2D eigenvalue weighted by Crippen LogP contribution is -2.45. The predicted molar refractivity (Wildman–Crippen MR) is 222 cm³/mol. The SMILES string of the molecule is CCCCCCCCCCC/C=C/C(O)C(CO)NC(=O)CC(O)CCCCCCCCCCCCCCCCCCCCCCCCCCC. The van der Waals surface area contributed by atoms with Gasteiger partial charge in [-0.1, -0.05) is 238 Å². The molecule has 0 aliphatic rings. The van der Waals surface area contributed by atoms with Crippen LogP contribution in [-0.2, 0) is 4.79 Å². The molecular weight excluding hydrogens is 631 g/mol. The first-order valence-corrected chi connectivity index (χ1v) is 23.0. The van der Waals surface area contributed by atoms with Crippen LogP contribution in [-0.4, -0.2) is 46.1 Å². The molecule has 0 rings (SSSR count). The molecule has 0 aromatic heterocycles. The summed E-state index contributed by atoms with van der Waals surface area (Å²) in [5.41, 5.74) is 0. The van der Waals surface area contributed by atoms with Gasteiger partial charge < -0.3 is 20.6 Å². The average molecular weight is 722 g/mol. The van der Waals surface area contributed by atoms with Crippen LogP contribution in [0.3, 0.4) is 0 Å². The van der Waals surface area contributed by atoms with E-state index in [2.05, 4.69) is 19.2 Å². The van der Waals surface area contributed by atoms with Crippen LogP contribution in [0.15, 0.2) is 12.2 Å². The first-order chi connectivity index (χ1) is 25.0.